The van der Waals surface area contributed by atoms with Crippen molar-refractivity contribution >= 4 is 11.8 Å². The largest absolute Gasteiger partial charge is 0.338 e. The molecule has 13 heavy (non-hydrogen) atoms. The Hall–Kier alpha value is -0.550. The smallest absolute Gasteiger partial charge is 0.236 e. The van der Waals surface area contributed by atoms with E-state index in [4.69, 9.17) is 10.3 Å². The number of aromatic nitrogens is 2. The highest BCUT2D eigenvalue weighted by Crippen LogP contribution is 2.38. The van der Waals surface area contributed by atoms with Gasteiger partial charge in [0.2, 0.25) is 5.89 Å². The van der Waals surface area contributed by atoms with E-state index in [0.717, 1.165) is 5.75 Å². The average Bonchev–Trinajstić information content (AvgIpc) is 2.87. The van der Waals surface area contributed by atoms with Crippen LogP contribution in [0.15, 0.2) is 4.52 Å². The van der Waals surface area contributed by atoms with E-state index in [9.17, 15) is 0 Å². The number of thioether (sulfide) groups is 1. The number of hydrogen-bond donors (Lipinski definition) is 1. The van der Waals surface area contributed by atoms with Gasteiger partial charge in [0.05, 0.1) is 11.8 Å². The lowest BCUT2D eigenvalue weighted by atomic mass is 10.2. The Labute approximate surface area is 81.3 Å². The molecule has 1 saturated carbocycles. The molecule has 5 heteroatoms. The second-order valence-corrected chi connectivity index (χ2v) is 4.21. The number of nitrogens with zero attached hydrogens (tertiary/aromatic N) is 2. The van der Waals surface area contributed by atoms with Gasteiger partial charge in [-0.15, -0.1) is 0 Å². The molecule has 1 aromatic rings. The molecule has 0 aliphatic heterocycles. The normalized spacial score (nSPS) is 18.9. The highest BCUT2D eigenvalue weighted by atomic mass is 32.2. The van der Waals surface area contributed by atoms with Crippen molar-refractivity contribution in [2.45, 2.75) is 24.6 Å². The van der Waals surface area contributed by atoms with Crippen molar-refractivity contribution in [2.24, 2.45) is 11.7 Å². The van der Waals surface area contributed by atoms with Crippen molar-refractivity contribution in [3.05, 3.63) is 11.7 Å². The standard InChI is InChI=1S/C8H13N3OS/c1-13-4-6-10-8(11-12-6)7(9)5-2-3-5/h5,7H,2-4,9H2,1H3. The van der Waals surface area contributed by atoms with E-state index in [1.54, 1.807) is 11.8 Å². The summed E-state index contributed by atoms with van der Waals surface area (Å²) in [4.78, 5) is 4.24. The fourth-order valence-electron chi connectivity index (χ4n) is 1.25. The molecule has 1 atom stereocenters. The van der Waals surface area contributed by atoms with Crippen molar-refractivity contribution in [2.75, 3.05) is 6.26 Å². The summed E-state index contributed by atoms with van der Waals surface area (Å²) in [6.07, 6.45) is 4.41. The molecule has 1 aliphatic carbocycles. The van der Waals surface area contributed by atoms with Crippen LogP contribution in [0.4, 0.5) is 0 Å². The van der Waals surface area contributed by atoms with E-state index in [2.05, 4.69) is 10.1 Å². The Morgan fingerprint density at radius 1 is 1.69 bits per heavy atom. The summed E-state index contributed by atoms with van der Waals surface area (Å²) >= 11 is 1.67. The molecule has 0 saturated heterocycles. The zero-order valence-corrected chi connectivity index (χ0v) is 8.38. The molecule has 1 unspecified atom stereocenters. The zero-order chi connectivity index (χ0) is 9.26. The van der Waals surface area contributed by atoms with E-state index in [0.29, 0.717) is 17.6 Å². The van der Waals surface area contributed by atoms with Gasteiger partial charge in [0.1, 0.15) is 0 Å². The fourth-order valence-corrected chi connectivity index (χ4v) is 1.62. The second-order valence-electron chi connectivity index (χ2n) is 3.34. The third kappa shape index (κ3) is 2.03. The van der Waals surface area contributed by atoms with Crippen molar-refractivity contribution in [1.29, 1.82) is 0 Å². The predicted molar refractivity (Wildman–Crippen MR) is 51.2 cm³/mol. The third-order valence-electron chi connectivity index (χ3n) is 2.18. The van der Waals surface area contributed by atoms with Gasteiger partial charge < -0.3 is 10.3 Å². The van der Waals surface area contributed by atoms with Crippen LogP contribution in [-0.4, -0.2) is 16.4 Å². The Kier molecular flexibility index (Phi) is 2.55. The Balaban J connectivity index is 2.03. The molecule has 2 rings (SSSR count). The first-order valence-electron chi connectivity index (χ1n) is 4.38. The molecule has 72 valence electrons. The lowest BCUT2D eigenvalue weighted by molar-refractivity contribution is 0.378. The van der Waals surface area contributed by atoms with Crippen LogP contribution in [0, 0.1) is 5.92 Å². The lowest BCUT2D eigenvalue weighted by Gasteiger charge is -2.01. The van der Waals surface area contributed by atoms with Crippen molar-refractivity contribution in [1.82, 2.24) is 10.1 Å². The molecule has 1 aromatic heterocycles. The van der Waals surface area contributed by atoms with Crippen LogP contribution in [0.2, 0.25) is 0 Å². The van der Waals surface area contributed by atoms with Gasteiger partial charge >= 0.3 is 0 Å². The molecule has 0 aromatic carbocycles. The van der Waals surface area contributed by atoms with Crippen LogP contribution in [0.1, 0.15) is 30.6 Å². The van der Waals surface area contributed by atoms with Gasteiger partial charge in [-0.3, -0.25) is 0 Å². The maximum atomic E-state index is 5.92. The second kappa shape index (κ2) is 3.67. The van der Waals surface area contributed by atoms with E-state index in [1.807, 2.05) is 6.26 Å². The predicted octanol–water partition coefficient (Wildman–Crippen LogP) is 1.34. The summed E-state index contributed by atoms with van der Waals surface area (Å²) in [5, 5.41) is 3.87. The van der Waals surface area contributed by atoms with Crippen LogP contribution in [0.5, 0.6) is 0 Å². The van der Waals surface area contributed by atoms with Crippen molar-refractivity contribution in [3.63, 3.8) is 0 Å². The molecule has 2 N–H and O–H groups in total. The summed E-state index contributed by atoms with van der Waals surface area (Å²) in [6, 6.07) is -0.0145. The number of rotatable bonds is 4. The van der Waals surface area contributed by atoms with Gasteiger partial charge in [-0.05, 0) is 25.0 Å². The quantitative estimate of drug-likeness (QED) is 0.792. The molecule has 0 radical (unpaired) electrons. The van der Waals surface area contributed by atoms with Crippen LogP contribution in [0.25, 0.3) is 0 Å². The summed E-state index contributed by atoms with van der Waals surface area (Å²) in [7, 11) is 0. The SMILES string of the molecule is CSCc1nc(C(N)C2CC2)no1. The monoisotopic (exact) mass is 199 g/mol. The fraction of sp³-hybridized carbons (Fsp3) is 0.750. The topological polar surface area (TPSA) is 64.9 Å². The van der Waals surface area contributed by atoms with E-state index in [-0.39, 0.29) is 6.04 Å². The molecular weight excluding hydrogens is 186 g/mol. The molecule has 0 spiro atoms. The van der Waals surface area contributed by atoms with Gasteiger partial charge in [-0.25, -0.2) is 0 Å². The Morgan fingerprint density at radius 3 is 3.08 bits per heavy atom. The number of hydrogen-bond acceptors (Lipinski definition) is 5. The molecule has 1 heterocycles. The van der Waals surface area contributed by atoms with Crippen LogP contribution in [-0.2, 0) is 5.75 Å². The van der Waals surface area contributed by atoms with E-state index in [1.165, 1.54) is 12.8 Å². The lowest BCUT2D eigenvalue weighted by Crippen LogP contribution is -2.14. The van der Waals surface area contributed by atoms with Gasteiger partial charge in [-0.2, -0.15) is 16.7 Å². The van der Waals surface area contributed by atoms with Crippen LogP contribution >= 0.6 is 11.8 Å². The van der Waals surface area contributed by atoms with Crippen LogP contribution in [0.3, 0.4) is 0 Å². The van der Waals surface area contributed by atoms with Crippen LogP contribution < -0.4 is 5.73 Å². The molecule has 0 bridgehead atoms. The molecular formula is C8H13N3OS. The van der Waals surface area contributed by atoms with E-state index >= 15 is 0 Å². The first-order valence-corrected chi connectivity index (χ1v) is 5.77. The summed E-state index contributed by atoms with van der Waals surface area (Å²) < 4.78 is 5.04. The minimum Gasteiger partial charge on any atom is -0.338 e. The van der Waals surface area contributed by atoms with Gasteiger partial charge in [0.25, 0.3) is 0 Å². The number of nitrogens with two attached hydrogens (primary N) is 1. The van der Waals surface area contributed by atoms with Crippen molar-refractivity contribution < 1.29 is 4.52 Å². The Bertz CT molecular complexity index is 285. The van der Waals surface area contributed by atoms with E-state index < -0.39 is 0 Å². The van der Waals surface area contributed by atoms with Gasteiger partial charge in [-0.1, -0.05) is 5.16 Å². The van der Waals surface area contributed by atoms with Gasteiger partial charge in [0, 0.05) is 0 Å². The van der Waals surface area contributed by atoms with Gasteiger partial charge in [0.15, 0.2) is 5.82 Å². The highest BCUT2D eigenvalue weighted by molar-refractivity contribution is 7.97. The third-order valence-corrected chi connectivity index (χ3v) is 2.72. The van der Waals surface area contributed by atoms with Crippen molar-refractivity contribution in [3.8, 4) is 0 Å². The summed E-state index contributed by atoms with van der Waals surface area (Å²) in [5.41, 5.74) is 5.92. The molecule has 4 nitrogen and oxygen atoms in total. The zero-order valence-electron chi connectivity index (χ0n) is 7.56. The molecule has 0 amide bonds. The maximum absolute atomic E-state index is 5.92. The summed E-state index contributed by atoms with van der Waals surface area (Å²) in [6.45, 7) is 0. The average molecular weight is 199 g/mol. The highest BCUT2D eigenvalue weighted by Gasteiger charge is 2.32. The molecule has 1 fully saturated rings. The minimum atomic E-state index is -0.0145. The maximum Gasteiger partial charge on any atom is 0.236 e. The molecule has 1 aliphatic rings. The first-order chi connectivity index (χ1) is 6.31. The minimum absolute atomic E-state index is 0.0145. The Morgan fingerprint density at radius 2 is 2.46 bits per heavy atom. The first kappa shape index (κ1) is 9.02. The summed E-state index contributed by atoms with van der Waals surface area (Å²) in [5.74, 6) is 2.70.